The van der Waals surface area contributed by atoms with E-state index in [1.807, 2.05) is 0 Å². The van der Waals surface area contributed by atoms with Gasteiger partial charge in [-0.3, -0.25) is 10.2 Å². The van der Waals surface area contributed by atoms with E-state index in [1.54, 1.807) is 0 Å². The summed E-state index contributed by atoms with van der Waals surface area (Å²) in [5.74, 6) is 4.77. The molecular formula is H2N2Si2. The maximum absolute atomic E-state index is 4.77. The Morgan fingerprint density at radius 1 is 1.50 bits per heavy atom. The van der Waals surface area contributed by atoms with Crippen molar-refractivity contribution in [1.82, 2.24) is 4.34 Å². The number of nitrogens with zero attached hydrogens (tertiary/aromatic N) is 1. The molecule has 0 aromatic rings. The van der Waals surface area contributed by atoms with Crippen molar-refractivity contribution in [3.8, 4) is 0 Å². The third kappa shape index (κ3) is 34.5. The summed E-state index contributed by atoms with van der Waals surface area (Å²) in [7, 11) is 5.67. The Morgan fingerprint density at radius 3 is 1.50 bits per heavy atom. The van der Waals surface area contributed by atoms with Crippen LogP contribution in [0, 0.1) is 0 Å². The highest BCUT2D eigenvalue weighted by atomic mass is 28.2. The van der Waals surface area contributed by atoms with Gasteiger partial charge < -0.3 is 0 Å². The quantitative estimate of drug-likeness (QED) is 0.217. The van der Waals surface area contributed by atoms with Gasteiger partial charge in [0.2, 0.25) is 0 Å². The molecule has 0 aromatic heterocycles. The van der Waals surface area contributed by atoms with E-state index in [9.17, 15) is 0 Å². The third-order valence-electron chi connectivity index (χ3n) is 0. The number of rotatable bonds is 0. The van der Waals surface area contributed by atoms with Gasteiger partial charge in [0, 0.05) is 0 Å². The van der Waals surface area contributed by atoms with Crippen LogP contribution in [0.1, 0.15) is 0 Å². The lowest BCUT2D eigenvalue weighted by Crippen LogP contribution is -2.23. The normalized spacial score (nSPS) is 9.00. The Hall–Kier alpha value is 0.354. The highest BCUT2D eigenvalue weighted by Crippen LogP contribution is 1.30. The predicted molar refractivity (Wildman–Crippen MR) is 17.5 cm³/mol. The number of nitrogens with two attached hydrogens (primary N) is 1. The maximum Gasteiger partial charge on any atom is 0.153 e. The van der Waals surface area contributed by atoms with Crippen molar-refractivity contribution in [1.29, 1.82) is 0 Å². The molecular weight excluding hydrogens is 84.2 g/mol. The lowest BCUT2D eigenvalue weighted by molar-refractivity contribution is 0.769. The van der Waals surface area contributed by atoms with Gasteiger partial charge in [0.1, 0.15) is 0 Å². The monoisotopic (exact) mass is 86.0 g/mol. The fraction of sp³-hybridized carbons (Fsp3) is 0. The zero-order valence-electron chi connectivity index (χ0n) is 2.02. The molecule has 0 fully saturated rings. The summed E-state index contributed by atoms with van der Waals surface area (Å²) in [6.07, 6.45) is 0. The Balaban J connectivity index is 2.32. The molecule has 0 bridgehead atoms. The second-order valence-electron chi connectivity index (χ2n) is 0.370. The standard InChI is InChI=1S/H2N2Si2/c1-2(3)4/h1H2. The average molecular weight is 86.2 g/mol. The summed E-state index contributed by atoms with van der Waals surface area (Å²) >= 11 is 0. The topological polar surface area (TPSA) is 29.3 Å². The van der Waals surface area contributed by atoms with E-state index in [2.05, 4.69) is 20.8 Å². The van der Waals surface area contributed by atoms with Crippen LogP contribution in [-0.2, 0) is 0 Å². The van der Waals surface area contributed by atoms with Crippen molar-refractivity contribution < 1.29 is 0 Å². The van der Waals surface area contributed by atoms with Crippen LogP contribution in [0.3, 0.4) is 0 Å². The predicted octanol–water partition coefficient (Wildman–Crippen LogP) is -1.67. The zero-order chi connectivity index (χ0) is 3.58. The van der Waals surface area contributed by atoms with Crippen molar-refractivity contribution in [2.45, 2.75) is 0 Å². The summed E-state index contributed by atoms with van der Waals surface area (Å²) in [4.78, 5) is 0. The fourth-order valence-corrected chi connectivity index (χ4v) is 0. The van der Waals surface area contributed by atoms with Crippen molar-refractivity contribution in [3.05, 3.63) is 0 Å². The molecule has 0 amide bonds. The van der Waals surface area contributed by atoms with Crippen LogP contribution in [0.2, 0.25) is 0 Å². The highest BCUT2D eigenvalue weighted by molar-refractivity contribution is 6.24. The Kier molecular flexibility index (Phi) is 1.80. The average Bonchev–Trinajstić information content (AvgIpc) is 0.811. The lowest BCUT2D eigenvalue weighted by Gasteiger charge is -1.89. The maximum atomic E-state index is 4.77. The van der Waals surface area contributed by atoms with Gasteiger partial charge in [-0.05, 0) is 0 Å². The molecule has 6 radical (unpaired) electrons. The van der Waals surface area contributed by atoms with E-state index in [0.29, 0.717) is 0 Å². The first kappa shape index (κ1) is 4.35. The van der Waals surface area contributed by atoms with Crippen molar-refractivity contribution in [2.24, 2.45) is 5.84 Å². The van der Waals surface area contributed by atoms with Crippen molar-refractivity contribution >= 4 is 20.8 Å². The molecule has 0 spiro atoms. The van der Waals surface area contributed by atoms with E-state index < -0.39 is 0 Å². The second-order valence-corrected chi connectivity index (χ2v) is 1.78. The fourth-order valence-electron chi connectivity index (χ4n) is 0. The first-order valence-corrected chi connectivity index (χ1v) is 1.60. The number of hydrazine groups is 1. The van der Waals surface area contributed by atoms with Crippen LogP contribution in [-0.4, -0.2) is 25.1 Å². The number of hydrogen-bond acceptors (Lipinski definition) is 2. The van der Waals surface area contributed by atoms with Gasteiger partial charge >= 0.3 is 0 Å². The molecule has 0 saturated carbocycles. The summed E-state index contributed by atoms with van der Waals surface area (Å²) in [5.41, 5.74) is 0. The lowest BCUT2D eigenvalue weighted by atomic mass is 12.9. The summed E-state index contributed by atoms with van der Waals surface area (Å²) in [5, 5.41) is 0. The molecule has 0 atom stereocenters. The first-order chi connectivity index (χ1) is 1.73. The van der Waals surface area contributed by atoms with Gasteiger partial charge in [-0.2, -0.15) is 0 Å². The summed E-state index contributed by atoms with van der Waals surface area (Å²) < 4.78 is 1.11. The molecule has 0 aliphatic heterocycles. The molecule has 0 unspecified atom stereocenters. The van der Waals surface area contributed by atoms with E-state index in [1.165, 1.54) is 0 Å². The molecule has 0 aromatic carbocycles. The molecule has 0 aliphatic carbocycles. The Morgan fingerprint density at radius 2 is 1.50 bits per heavy atom. The van der Waals surface area contributed by atoms with Crippen LogP contribution in [0.25, 0.3) is 0 Å². The van der Waals surface area contributed by atoms with Gasteiger partial charge in [-0.25, -0.2) is 0 Å². The second kappa shape index (κ2) is 1.65. The van der Waals surface area contributed by atoms with Crippen LogP contribution in [0.5, 0.6) is 0 Å². The van der Waals surface area contributed by atoms with Crippen LogP contribution in [0.4, 0.5) is 0 Å². The van der Waals surface area contributed by atoms with E-state index in [0.717, 1.165) is 4.34 Å². The highest BCUT2D eigenvalue weighted by Gasteiger charge is 1.61. The number of hydrogen-bond donors (Lipinski definition) is 1. The molecule has 4 heavy (non-hydrogen) atoms. The molecule has 0 heterocycles. The summed E-state index contributed by atoms with van der Waals surface area (Å²) in [6, 6.07) is 0. The largest absolute Gasteiger partial charge is 0.295 e. The zero-order valence-corrected chi connectivity index (χ0v) is 4.02. The molecule has 0 aliphatic rings. The summed E-state index contributed by atoms with van der Waals surface area (Å²) in [6.45, 7) is 0. The third-order valence-corrected chi connectivity index (χ3v) is 0. The Labute approximate surface area is 31.9 Å². The van der Waals surface area contributed by atoms with Gasteiger partial charge in [-0.15, -0.1) is 0 Å². The van der Waals surface area contributed by atoms with Crippen LogP contribution < -0.4 is 5.84 Å². The molecule has 0 saturated heterocycles. The minimum Gasteiger partial charge on any atom is -0.295 e. The van der Waals surface area contributed by atoms with E-state index in [-0.39, 0.29) is 0 Å². The molecule has 0 rings (SSSR count). The molecule has 4 heteroatoms. The molecule has 20 valence electrons. The van der Waals surface area contributed by atoms with Crippen LogP contribution in [0.15, 0.2) is 0 Å². The van der Waals surface area contributed by atoms with Gasteiger partial charge in [0.25, 0.3) is 0 Å². The van der Waals surface area contributed by atoms with Gasteiger partial charge in [0.15, 0.2) is 20.8 Å². The molecule has 2 N–H and O–H groups in total. The minimum atomic E-state index is 1.11. The van der Waals surface area contributed by atoms with Gasteiger partial charge in [0.05, 0.1) is 0 Å². The SMILES string of the molecule is NN([Si])[Si]. The smallest absolute Gasteiger partial charge is 0.153 e. The van der Waals surface area contributed by atoms with E-state index >= 15 is 0 Å². The first-order valence-electron chi connectivity index (χ1n) is 0.705. The van der Waals surface area contributed by atoms with E-state index in [4.69, 9.17) is 5.84 Å². The molecule has 2 nitrogen and oxygen atoms in total. The Bertz CT molecular complexity index is 8.75. The van der Waals surface area contributed by atoms with Crippen molar-refractivity contribution in [2.75, 3.05) is 0 Å². The minimum absolute atomic E-state index is 1.11. The van der Waals surface area contributed by atoms with Crippen molar-refractivity contribution in [3.63, 3.8) is 0 Å². The van der Waals surface area contributed by atoms with Crippen LogP contribution >= 0.6 is 0 Å². The van der Waals surface area contributed by atoms with Gasteiger partial charge in [-0.1, -0.05) is 0 Å².